The van der Waals surface area contributed by atoms with Crippen LogP contribution in [0.25, 0.3) is 17.0 Å². The first kappa shape index (κ1) is 32.6. The van der Waals surface area contributed by atoms with Crippen molar-refractivity contribution < 1.29 is 18.4 Å². The number of aryl methyl sites for hydroxylation is 1. The third-order valence-corrected chi connectivity index (χ3v) is 10.2. The number of sulfonamides is 1. The maximum Gasteiger partial charge on any atom is 0.267 e. The number of aromatic amines is 1. The highest BCUT2D eigenvalue weighted by molar-refractivity contribution is 7.89. The molecule has 1 amide bonds. The minimum absolute atomic E-state index is 0.163. The van der Waals surface area contributed by atoms with Crippen LogP contribution in [0.1, 0.15) is 54.1 Å². The summed E-state index contributed by atoms with van der Waals surface area (Å²) in [6, 6.07) is 22.0. The molecular weight excluding hydrogens is 586 g/mol. The third kappa shape index (κ3) is 8.08. The monoisotopic (exact) mass is 629 g/mol. The molecule has 1 unspecified atom stereocenters. The van der Waals surface area contributed by atoms with Crippen LogP contribution in [0, 0.1) is 0 Å². The molecule has 0 aliphatic heterocycles. The molecule has 1 aliphatic rings. The minimum Gasteiger partial charge on any atom is -0.361 e. The lowest BCUT2D eigenvalue weighted by Crippen LogP contribution is -2.34. The Morgan fingerprint density at radius 3 is 2.67 bits per heavy atom. The van der Waals surface area contributed by atoms with Crippen molar-refractivity contribution in [2.75, 3.05) is 32.7 Å². The highest BCUT2D eigenvalue weighted by atomic mass is 32.2. The van der Waals surface area contributed by atoms with Crippen LogP contribution in [0.4, 0.5) is 0 Å². The second-order valence-corrected chi connectivity index (χ2v) is 13.2. The molecule has 1 atom stereocenters. The van der Waals surface area contributed by atoms with Crippen LogP contribution in [0.3, 0.4) is 0 Å². The summed E-state index contributed by atoms with van der Waals surface area (Å²) in [5.74, 6) is -0.569. The van der Waals surface area contributed by atoms with Crippen molar-refractivity contribution in [1.82, 2.24) is 25.0 Å². The van der Waals surface area contributed by atoms with Gasteiger partial charge in [0, 0.05) is 55.4 Å². The van der Waals surface area contributed by atoms with E-state index in [9.17, 15) is 13.2 Å². The molecule has 0 spiro atoms. The molecule has 5 rings (SSSR count). The van der Waals surface area contributed by atoms with E-state index in [0.717, 1.165) is 55.5 Å². The molecule has 0 fully saturated rings. The van der Waals surface area contributed by atoms with Gasteiger partial charge in [-0.3, -0.25) is 14.9 Å². The molecule has 10 heteroatoms. The van der Waals surface area contributed by atoms with E-state index in [1.165, 1.54) is 28.2 Å². The van der Waals surface area contributed by atoms with Crippen LogP contribution in [-0.2, 0) is 34.2 Å². The lowest BCUT2D eigenvalue weighted by atomic mass is 10.0. The van der Waals surface area contributed by atoms with Gasteiger partial charge >= 0.3 is 0 Å². The molecule has 4 N–H and O–H groups in total. The number of carbonyl (C=O) groups excluding carboxylic acids is 1. The van der Waals surface area contributed by atoms with Gasteiger partial charge in [0.1, 0.15) is 0 Å². The van der Waals surface area contributed by atoms with Gasteiger partial charge in [0.25, 0.3) is 5.91 Å². The maximum absolute atomic E-state index is 13.2. The molecule has 1 aliphatic carbocycles. The number of benzene rings is 3. The number of likely N-dealkylation sites (N-methyl/N-ethyl adjacent to an activating group) is 1. The average Bonchev–Trinajstić information content (AvgIpc) is 3.68. The van der Waals surface area contributed by atoms with Crippen LogP contribution in [0.2, 0.25) is 0 Å². The molecule has 4 aromatic rings. The van der Waals surface area contributed by atoms with Crippen molar-refractivity contribution in [2.45, 2.75) is 50.6 Å². The van der Waals surface area contributed by atoms with Crippen molar-refractivity contribution in [1.29, 1.82) is 0 Å². The summed E-state index contributed by atoms with van der Waals surface area (Å²) in [6.45, 7) is 8.34. The van der Waals surface area contributed by atoms with Gasteiger partial charge in [0.05, 0.1) is 4.90 Å². The molecule has 1 heterocycles. The quantitative estimate of drug-likeness (QED) is 0.0832. The van der Waals surface area contributed by atoms with Crippen LogP contribution in [-0.4, -0.2) is 67.0 Å². The van der Waals surface area contributed by atoms with Crippen LogP contribution in [0.15, 0.2) is 83.9 Å². The maximum atomic E-state index is 13.2. The lowest BCUT2D eigenvalue weighted by Gasteiger charge is -2.30. The molecular formula is C35H43N5O4S. The number of hydrogen-bond donors (Lipinski definition) is 4. The molecule has 0 saturated carbocycles. The summed E-state index contributed by atoms with van der Waals surface area (Å²) in [5, 5.41) is 10.0. The van der Waals surface area contributed by atoms with E-state index in [2.05, 4.69) is 69.9 Å². The van der Waals surface area contributed by atoms with Gasteiger partial charge in [-0.1, -0.05) is 62.4 Å². The summed E-state index contributed by atoms with van der Waals surface area (Å²) >= 11 is 0. The van der Waals surface area contributed by atoms with Gasteiger partial charge in [-0.05, 0) is 84.4 Å². The van der Waals surface area contributed by atoms with E-state index in [1.807, 2.05) is 24.3 Å². The number of H-pyrrole nitrogens is 1. The van der Waals surface area contributed by atoms with Gasteiger partial charge in [0.15, 0.2) is 0 Å². The number of hydroxylamine groups is 1. The van der Waals surface area contributed by atoms with Gasteiger partial charge in [0.2, 0.25) is 10.0 Å². The number of carbonyl (C=O) groups is 1. The van der Waals surface area contributed by atoms with E-state index in [4.69, 9.17) is 5.21 Å². The number of hydrogen-bond acceptors (Lipinski definition) is 6. The first-order valence-corrected chi connectivity index (χ1v) is 17.1. The standard InChI is InChI=1S/C35H43N5O4S/c1-3-39(4-2)21-19-37-45(43,44)30-9-7-8-27(23-30)25-40(20-18-29-24-36-33-11-6-5-10-31(29)33)34-16-14-28-22-26(12-15-32(28)34)13-17-35(41)38-42/h5-13,15,17,22-24,34,36-37,42H,3-4,14,16,18-21,25H2,1-2H3,(H,38,41)/b17-13+. The fraction of sp³-hybridized carbons (Fsp3) is 0.343. The Balaban J connectivity index is 1.38. The van der Waals surface area contributed by atoms with Crippen molar-refractivity contribution in [3.8, 4) is 0 Å². The zero-order valence-corrected chi connectivity index (χ0v) is 26.8. The Kier molecular flexibility index (Phi) is 10.9. The first-order chi connectivity index (χ1) is 21.8. The van der Waals surface area contributed by atoms with Gasteiger partial charge in [-0.15, -0.1) is 0 Å². The predicted molar refractivity (Wildman–Crippen MR) is 178 cm³/mol. The fourth-order valence-electron chi connectivity index (χ4n) is 6.26. The normalized spacial score (nSPS) is 15.0. The molecule has 0 radical (unpaired) electrons. The molecule has 45 heavy (non-hydrogen) atoms. The SMILES string of the molecule is CCN(CC)CCNS(=O)(=O)c1cccc(CN(CCc2c[nH]c3ccccc23)C2CCc3cc(/C=C/C(=O)NO)ccc32)c1. The fourth-order valence-corrected chi connectivity index (χ4v) is 7.35. The molecule has 238 valence electrons. The van der Waals surface area contributed by atoms with Crippen LogP contribution < -0.4 is 10.2 Å². The topological polar surface area (TPSA) is 118 Å². The first-order valence-electron chi connectivity index (χ1n) is 15.7. The van der Waals surface area contributed by atoms with E-state index < -0.39 is 15.9 Å². The molecule has 9 nitrogen and oxygen atoms in total. The summed E-state index contributed by atoms with van der Waals surface area (Å²) in [5.41, 5.74) is 8.32. The number of amides is 1. The van der Waals surface area contributed by atoms with Crippen molar-refractivity contribution >= 4 is 32.9 Å². The van der Waals surface area contributed by atoms with Crippen molar-refractivity contribution in [3.63, 3.8) is 0 Å². The summed E-state index contributed by atoms with van der Waals surface area (Å²) in [4.78, 5) is 19.8. The van der Waals surface area contributed by atoms with E-state index in [1.54, 1.807) is 23.7 Å². The number of aromatic nitrogens is 1. The summed E-state index contributed by atoms with van der Waals surface area (Å²) < 4.78 is 29.2. The van der Waals surface area contributed by atoms with E-state index in [0.29, 0.717) is 19.6 Å². The Morgan fingerprint density at radius 2 is 1.87 bits per heavy atom. The largest absolute Gasteiger partial charge is 0.361 e. The van der Waals surface area contributed by atoms with E-state index >= 15 is 0 Å². The summed E-state index contributed by atoms with van der Waals surface area (Å²) in [7, 11) is -3.64. The highest BCUT2D eigenvalue weighted by Crippen LogP contribution is 2.38. The molecule has 0 saturated heterocycles. The van der Waals surface area contributed by atoms with Crippen molar-refractivity contribution in [3.05, 3.63) is 107 Å². The number of para-hydroxylation sites is 1. The second-order valence-electron chi connectivity index (χ2n) is 11.5. The lowest BCUT2D eigenvalue weighted by molar-refractivity contribution is -0.124. The van der Waals surface area contributed by atoms with Crippen molar-refractivity contribution in [2.24, 2.45) is 0 Å². The minimum atomic E-state index is -3.64. The number of nitrogens with one attached hydrogen (secondary N) is 3. The Hall–Kier alpha value is -3.80. The van der Waals surface area contributed by atoms with Crippen LogP contribution >= 0.6 is 0 Å². The predicted octanol–water partition coefficient (Wildman–Crippen LogP) is 5.04. The number of rotatable bonds is 15. The van der Waals surface area contributed by atoms with Gasteiger partial charge in [-0.25, -0.2) is 18.6 Å². The summed E-state index contributed by atoms with van der Waals surface area (Å²) in [6.07, 6.45) is 7.78. The Labute approximate surface area is 266 Å². The Morgan fingerprint density at radius 1 is 1.04 bits per heavy atom. The zero-order chi connectivity index (χ0) is 31.8. The van der Waals surface area contributed by atoms with Gasteiger partial charge in [-0.2, -0.15) is 0 Å². The number of nitrogens with zero attached hydrogens (tertiary/aromatic N) is 2. The van der Waals surface area contributed by atoms with E-state index in [-0.39, 0.29) is 10.9 Å². The Bertz CT molecular complexity index is 1750. The molecule has 3 aromatic carbocycles. The third-order valence-electron chi connectivity index (χ3n) is 8.74. The molecule has 1 aromatic heterocycles. The zero-order valence-electron chi connectivity index (χ0n) is 26.0. The van der Waals surface area contributed by atoms with Crippen LogP contribution in [0.5, 0.6) is 0 Å². The molecule has 0 bridgehead atoms. The highest BCUT2D eigenvalue weighted by Gasteiger charge is 2.28. The smallest absolute Gasteiger partial charge is 0.267 e. The van der Waals surface area contributed by atoms with Gasteiger partial charge < -0.3 is 9.88 Å². The average molecular weight is 630 g/mol. The number of fused-ring (bicyclic) bond motifs is 2. The second kappa shape index (κ2) is 15.0.